The molecule has 6 heteroatoms. The van der Waals surface area contributed by atoms with Crippen LogP contribution in [0.1, 0.15) is 5.56 Å². The first-order valence-electron chi connectivity index (χ1n) is 6.89. The summed E-state index contributed by atoms with van der Waals surface area (Å²) in [5.74, 6) is 3.42. The Morgan fingerprint density at radius 3 is 2.48 bits per heavy atom. The van der Waals surface area contributed by atoms with E-state index in [1.54, 1.807) is 21.3 Å². The predicted octanol–water partition coefficient (Wildman–Crippen LogP) is 1.77. The summed E-state index contributed by atoms with van der Waals surface area (Å²) in [5.41, 5.74) is 1.19. The van der Waals surface area contributed by atoms with Crippen LogP contribution in [0.3, 0.4) is 0 Å². The molecular weight excluding hydrogens is 286 g/mol. The van der Waals surface area contributed by atoms with Crippen molar-refractivity contribution in [1.29, 1.82) is 0 Å². The monoisotopic (exact) mass is 311 g/mol. The van der Waals surface area contributed by atoms with Gasteiger partial charge in [0.05, 0.1) is 14.2 Å². The fourth-order valence-electron chi connectivity index (χ4n) is 1.85. The van der Waals surface area contributed by atoms with Gasteiger partial charge in [0.1, 0.15) is 0 Å². The molecular formula is C15H25N3O2S. The number of thioether (sulfide) groups is 1. The van der Waals surface area contributed by atoms with Gasteiger partial charge < -0.3 is 20.1 Å². The zero-order valence-electron chi connectivity index (χ0n) is 13.2. The van der Waals surface area contributed by atoms with Crippen LogP contribution in [0.5, 0.6) is 11.5 Å². The lowest BCUT2D eigenvalue weighted by Crippen LogP contribution is -2.39. The van der Waals surface area contributed by atoms with Crippen molar-refractivity contribution in [2.45, 2.75) is 6.42 Å². The van der Waals surface area contributed by atoms with E-state index in [-0.39, 0.29) is 0 Å². The standard InChI is InChI=1S/C15H25N3O2S/c1-16-15(18-9-10-21-4)17-8-7-12-5-6-13(19-2)14(11-12)20-3/h5-6,11H,7-10H2,1-4H3,(H2,16,17,18). The topological polar surface area (TPSA) is 54.9 Å². The van der Waals surface area contributed by atoms with Crippen molar-refractivity contribution in [1.82, 2.24) is 10.6 Å². The van der Waals surface area contributed by atoms with Crippen molar-refractivity contribution in [3.63, 3.8) is 0 Å². The highest BCUT2D eigenvalue weighted by molar-refractivity contribution is 7.98. The van der Waals surface area contributed by atoms with Gasteiger partial charge in [-0.1, -0.05) is 6.07 Å². The Morgan fingerprint density at radius 1 is 1.14 bits per heavy atom. The summed E-state index contributed by atoms with van der Waals surface area (Å²) in [7, 11) is 5.07. The van der Waals surface area contributed by atoms with Gasteiger partial charge in [-0.15, -0.1) is 0 Å². The van der Waals surface area contributed by atoms with Crippen molar-refractivity contribution in [2.75, 3.05) is 46.4 Å². The van der Waals surface area contributed by atoms with Crippen molar-refractivity contribution in [3.05, 3.63) is 23.8 Å². The second kappa shape index (κ2) is 10.2. The van der Waals surface area contributed by atoms with Gasteiger partial charge in [-0.3, -0.25) is 4.99 Å². The summed E-state index contributed by atoms with van der Waals surface area (Å²) in [6, 6.07) is 5.98. The number of hydrogen-bond acceptors (Lipinski definition) is 4. The Kier molecular flexibility index (Phi) is 8.50. The molecule has 0 aliphatic rings. The molecule has 1 rings (SSSR count). The van der Waals surface area contributed by atoms with Crippen LogP contribution in [0, 0.1) is 0 Å². The maximum Gasteiger partial charge on any atom is 0.191 e. The minimum atomic E-state index is 0.753. The number of nitrogens with one attached hydrogen (secondary N) is 2. The summed E-state index contributed by atoms with van der Waals surface area (Å²) in [6.07, 6.45) is 2.98. The molecule has 0 aliphatic heterocycles. The third kappa shape index (κ3) is 6.16. The van der Waals surface area contributed by atoms with Gasteiger partial charge in [-0.05, 0) is 30.4 Å². The number of rotatable bonds is 8. The van der Waals surface area contributed by atoms with Crippen LogP contribution in [0.25, 0.3) is 0 Å². The van der Waals surface area contributed by atoms with Gasteiger partial charge in [-0.25, -0.2) is 0 Å². The number of benzene rings is 1. The summed E-state index contributed by atoms with van der Waals surface area (Å²) in [6.45, 7) is 1.73. The first kappa shape index (κ1) is 17.5. The molecule has 0 heterocycles. The van der Waals surface area contributed by atoms with E-state index in [9.17, 15) is 0 Å². The van der Waals surface area contributed by atoms with E-state index in [0.29, 0.717) is 0 Å². The summed E-state index contributed by atoms with van der Waals surface area (Å²) >= 11 is 1.81. The largest absolute Gasteiger partial charge is 0.493 e. The molecule has 0 spiro atoms. The molecule has 0 aromatic heterocycles. The van der Waals surface area contributed by atoms with Crippen LogP contribution in [-0.4, -0.2) is 52.3 Å². The smallest absolute Gasteiger partial charge is 0.191 e. The first-order chi connectivity index (χ1) is 10.2. The molecule has 1 aromatic carbocycles. The number of nitrogens with zero attached hydrogens (tertiary/aromatic N) is 1. The predicted molar refractivity (Wildman–Crippen MR) is 91.0 cm³/mol. The van der Waals surface area contributed by atoms with Crippen LogP contribution in [0.2, 0.25) is 0 Å². The average Bonchev–Trinajstić information content (AvgIpc) is 2.53. The van der Waals surface area contributed by atoms with Gasteiger partial charge >= 0.3 is 0 Å². The first-order valence-corrected chi connectivity index (χ1v) is 8.29. The highest BCUT2D eigenvalue weighted by Gasteiger charge is 2.04. The van der Waals surface area contributed by atoms with Crippen LogP contribution in [0.4, 0.5) is 0 Å². The number of aliphatic imine (C=N–C) groups is 1. The van der Waals surface area contributed by atoms with Crippen molar-refractivity contribution in [2.24, 2.45) is 4.99 Å². The van der Waals surface area contributed by atoms with Crippen molar-refractivity contribution >= 4 is 17.7 Å². The minimum absolute atomic E-state index is 0.753. The molecule has 0 fully saturated rings. The Morgan fingerprint density at radius 2 is 1.86 bits per heavy atom. The lowest BCUT2D eigenvalue weighted by Gasteiger charge is -2.12. The molecule has 0 atom stereocenters. The van der Waals surface area contributed by atoms with Crippen LogP contribution in [-0.2, 0) is 6.42 Å². The van der Waals surface area contributed by atoms with Crippen molar-refractivity contribution < 1.29 is 9.47 Å². The molecule has 21 heavy (non-hydrogen) atoms. The van der Waals surface area contributed by atoms with Crippen molar-refractivity contribution in [3.8, 4) is 11.5 Å². The maximum absolute atomic E-state index is 5.31. The van der Waals surface area contributed by atoms with Gasteiger partial charge in [0.25, 0.3) is 0 Å². The number of methoxy groups -OCH3 is 2. The van der Waals surface area contributed by atoms with Crippen LogP contribution >= 0.6 is 11.8 Å². The molecule has 0 radical (unpaired) electrons. The second-order valence-electron chi connectivity index (χ2n) is 4.36. The molecule has 0 unspecified atom stereocenters. The van der Waals surface area contributed by atoms with E-state index in [2.05, 4.69) is 21.9 Å². The SMILES string of the molecule is CN=C(NCCSC)NCCc1ccc(OC)c(OC)c1. The Hall–Kier alpha value is -1.56. The summed E-state index contributed by atoms with van der Waals surface area (Å²) in [5, 5.41) is 6.57. The normalized spacial score (nSPS) is 11.1. The van der Waals surface area contributed by atoms with Crippen LogP contribution < -0.4 is 20.1 Å². The number of hydrogen-bond donors (Lipinski definition) is 2. The molecule has 0 saturated heterocycles. The zero-order valence-corrected chi connectivity index (χ0v) is 14.0. The number of ether oxygens (including phenoxy) is 2. The van der Waals surface area contributed by atoms with Crippen LogP contribution in [0.15, 0.2) is 23.2 Å². The second-order valence-corrected chi connectivity index (χ2v) is 5.34. The molecule has 5 nitrogen and oxygen atoms in total. The molecule has 0 aliphatic carbocycles. The average molecular weight is 311 g/mol. The van der Waals surface area contributed by atoms with E-state index < -0.39 is 0 Å². The Bertz CT molecular complexity index is 453. The molecule has 0 amide bonds. The molecule has 1 aromatic rings. The molecule has 118 valence electrons. The van der Waals surface area contributed by atoms with Gasteiger partial charge in [-0.2, -0.15) is 11.8 Å². The maximum atomic E-state index is 5.31. The quantitative estimate of drug-likeness (QED) is 0.435. The zero-order chi connectivity index (χ0) is 15.5. The van der Waals surface area contributed by atoms with E-state index >= 15 is 0 Å². The molecule has 0 bridgehead atoms. The highest BCUT2D eigenvalue weighted by Crippen LogP contribution is 2.27. The van der Waals surface area contributed by atoms with Gasteiger partial charge in [0.15, 0.2) is 17.5 Å². The Balaban J connectivity index is 2.44. The Labute approximate surface area is 131 Å². The highest BCUT2D eigenvalue weighted by atomic mass is 32.2. The lowest BCUT2D eigenvalue weighted by molar-refractivity contribution is 0.354. The van der Waals surface area contributed by atoms with E-state index in [1.165, 1.54) is 5.56 Å². The molecule has 2 N–H and O–H groups in total. The van der Waals surface area contributed by atoms with Gasteiger partial charge in [0, 0.05) is 25.9 Å². The minimum Gasteiger partial charge on any atom is -0.493 e. The molecule has 0 saturated carbocycles. The van der Waals surface area contributed by atoms with E-state index in [0.717, 1.165) is 42.7 Å². The fraction of sp³-hybridized carbons (Fsp3) is 0.533. The van der Waals surface area contributed by atoms with E-state index in [4.69, 9.17) is 9.47 Å². The van der Waals surface area contributed by atoms with E-state index in [1.807, 2.05) is 30.0 Å². The fourth-order valence-corrected chi connectivity index (χ4v) is 2.16. The summed E-state index contributed by atoms with van der Waals surface area (Å²) < 4.78 is 10.5. The summed E-state index contributed by atoms with van der Waals surface area (Å²) in [4.78, 5) is 4.19. The number of guanidine groups is 1. The third-order valence-electron chi connectivity index (χ3n) is 2.98. The van der Waals surface area contributed by atoms with Gasteiger partial charge in [0.2, 0.25) is 0 Å². The third-order valence-corrected chi connectivity index (χ3v) is 3.59. The lowest BCUT2D eigenvalue weighted by atomic mass is 10.1.